The fourth-order valence-corrected chi connectivity index (χ4v) is 2.08. The average molecular weight is 252 g/mol. The summed E-state index contributed by atoms with van der Waals surface area (Å²) in [5.74, 6) is -0.655. The Morgan fingerprint density at radius 1 is 0.895 bits per heavy atom. The molecule has 0 radical (unpaired) electrons. The number of fused-ring (bicyclic) bond motifs is 1. The summed E-state index contributed by atoms with van der Waals surface area (Å²) < 4.78 is 0. The van der Waals surface area contributed by atoms with E-state index in [0.717, 1.165) is 11.3 Å². The van der Waals surface area contributed by atoms with Crippen LogP contribution in [-0.2, 0) is 6.54 Å². The molecule has 3 rings (SSSR count). The summed E-state index contributed by atoms with van der Waals surface area (Å²) >= 11 is 0. The molecule has 94 valence electrons. The number of carbonyl (C=O) groups is 2. The van der Waals surface area contributed by atoms with Gasteiger partial charge < -0.3 is 5.32 Å². The standard InChI is InChI=1S/C15H12N2O2/c18-14-12-7-6-11(8-13(12)15(19)17-14)16-9-10-4-2-1-3-5-10/h1-8,16H,9H2,(H,17,18,19). The minimum atomic E-state index is -0.330. The van der Waals surface area contributed by atoms with Crippen LogP contribution in [0.3, 0.4) is 0 Å². The predicted molar refractivity (Wildman–Crippen MR) is 72.0 cm³/mol. The molecule has 2 aromatic carbocycles. The number of hydrogen-bond acceptors (Lipinski definition) is 3. The summed E-state index contributed by atoms with van der Waals surface area (Å²) in [5.41, 5.74) is 2.86. The minimum absolute atomic E-state index is 0.324. The molecule has 2 amide bonds. The number of carbonyl (C=O) groups excluding carboxylic acids is 2. The van der Waals surface area contributed by atoms with E-state index >= 15 is 0 Å². The lowest BCUT2D eigenvalue weighted by Gasteiger charge is -2.07. The first-order valence-corrected chi connectivity index (χ1v) is 6.01. The van der Waals surface area contributed by atoms with Crippen LogP contribution < -0.4 is 10.6 Å². The molecule has 0 spiro atoms. The van der Waals surface area contributed by atoms with E-state index in [9.17, 15) is 9.59 Å². The second-order valence-corrected chi connectivity index (χ2v) is 4.38. The van der Waals surface area contributed by atoms with Gasteiger partial charge in [0, 0.05) is 12.2 Å². The molecule has 1 heterocycles. The number of benzene rings is 2. The van der Waals surface area contributed by atoms with Crippen molar-refractivity contribution < 1.29 is 9.59 Å². The van der Waals surface area contributed by atoms with E-state index in [-0.39, 0.29) is 11.8 Å². The smallest absolute Gasteiger partial charge is 0.259 e. The van der Waals surface area contributed by atoms with Gasteiger partial charge in [-0.2, -0.15) is 0 Å². The van der Waals surface area contributed by atoms with Crippen LogP contribution in [0.4, 0.5) is 5.69 Å². The Kier molecular flexibility index (Phi) is 2.76. The fraction of sp³-hybridized carbons (Fsp3) is 0.0667. The number of hydrogen-bond donors (Lipinski definition) is 2. The third-order valence-electron chi connectivity index (χ3n) is 3.08. The lowest BCUT2D eigenvalue weighted by molar-refractivity contribution is 0.0879. The Balaban J connectivity index is 1.78. The molecule has 0 atom stereocenters. The topological polar surface area (TPSA) is 58.2 Å². The maximum atomic E-state index is 11.5. The maximum Gasteiger partial charge on any atom is 0.259 e. The maximum absolute atomic E-state index is 11.5. The number of amides is 2. The number of imide groups is 1. The van der Waals surface area contributed by atoms with Crippen LogP contribution in [-0.4, -0.2) is 11.8 Å². The quantitative estimate of drug-likeness (QED) is 0.823. The van der Waals surface area contributed by atoms with Gasteiger partial charge in [0.05, 0.1) is 11.1 Å². The molecule has 1 aliphatic heterocycles. The monoisotopic (exact) mass is 252 g/mol. The third-order valence-corrected chi connectivity index (χ3v) is 3.08. The zero-order valence-corrected chi connectivity index (χ0v) is 10.1. The summed E-state index contributed by atoms with van der Waals surface area (Å²) in [6.45, 7) is 0.676. The zero-order valence-electron chi connectivity index (χ0n) is 10.1. The molecule has 0 aromatic heterocycles. The van der Waals surface area contributed by atoms with Crippen molar-refractivity contribution in [2.45, 2.75) is 6.54 Å². The highest BCUT2D eigenvalue weighted by Crippen LogP contribution is 2.20. The van der Waals surface area contributed by atoms with Gasteiger partial charge in [-0.1, -0.05) is 30.3 Å². The van der Waals surface area contributed by atoms with Crippen molar-refractivity contribution >= 4 is 17.5 Å². The van der Waals surface area contributed by atoms with E-state index in [4.69, 9.17) is 0 Å². The van der Waals surface area contributed by atoms with Crippen molar-refractivity contribution in [1.29, 1.82) is 0 Å². The Bertz CT molecular complexity index is 650. The van der Waals surface area contributed by atoms with E-state index in [2.05, 4.69) is 10.6 Å². The van der Waals surface area contributed by atoms with Crippen molar-refractivity contribution in [3.05, 3.63) is 65.2 Å². The van der Waals surface area contributed by atoms with Gasteiger partial charge in [0.25, 0.3) is 11.8 Å². The lowest BCUT2D eigenvalue weighted by Crippen LogP contribution is -2.19. The summed E-state index contributed by atoms with van der Waals surface area (Å²) in [6.07, 6.45) is 0. The second-order valence-electron chi connectivity index (χ2n) is 4.38. The molecule has 2 N–H and O–H groups in total. The Hall–Kier alpha value is -2.62. The Labute approximate surface area is 110 Å². The normalized spacial score (nSPS) is 13.1. The van der Waals surface area contributed by atoms with Gasteiger partial charge in [0.2, 0.25) is 0 Å². The van der Waals surface area contributed by atoms with E-state index < -0.39 is 0 Å². The van der Waals surface area contributed by atoms with E-state index in [0.29, 0.717) is 17.7 Å². The van der Waals surface area contributed by atoms with Crippen LogP contribution in [0.15, 0.2) is 48.5 Å². The number of rotatable bonds is 3. The van der Waals surface area contributed by atoms with Crippen LogP contribution in [0.5, 0.6) is 0 Å². The first kappa shape index (κ1) is 11.5. The van der Waals surface area contributed by atoms with Crippen molar-refractivity contribution in [1.82, 2.24) is 5.32 Å². The fourth-order valence-electron chi connectivity index (χ4n) is 2.08. The second kappa shape index (κ2) is 4.57. The van der Waals surface area contributed by atoms with E-state index in [1.165, 1.54) is 0 Å². The number of nitrogens with one attached hydrogen (secondary N) is 2. The van der Waals surface area contributed by atoms with Crippen LogP contribution in [0.25, 0.3) is 0 Å². The highest BCUT2D eigenvalue weighted by Gasteiger charge is 2.26. The van der Waals surface area contributed by atoms with Gasteiger partial charge >= 0.3 is 0 Å². The molecule has 1 aliphatic rings. The predicted octanol–water partition coefficient (Wildman–Crippen LogP) is 2.18. The molecular weight excluding hydrogens is 240 g/mol. The summed E-state index contributed by atoms with van der Waals surface area (Å²) in [6, 6.07) is 15.2. The van der Waals surface area contributed by atoms with Crippen molar-refractivity contribution in [2.75, 3.05) is 5.32 Å². The van der Waals surface area contributed by atoms with E-state index in [1.54, 1.807) is 18.2 Å². The van der Waals surface area contributed by atoms with Gasteiger partial charge in [0.15, 0.2) is 0 Å². The molecule has 19 heavy (non-hydrogen) atoms. The van der Waals surface area contributed by atoms with E-state index in [1.807, 2.05) is 30.3 Å². The Morgan fingerprint density at radius 2 is 1.63 bits per heavy atom. The average Bonchev–Trinajstić information content (AvgIpc) is 2.73. The van der Waals surface area contributed by atoms with Crippen molar-refractivity contribution in [2.24, 2.45) is 0 Å². The molecule has 0 aliphatic carbocycles. The van der Waals surface area contributed by atoms with Gasteiger partial charge in [-0.15, -0.1) is 0 Å². The molecule has 2 aromatic rings. The molecule has 4 nitrogen and oxygen atoms in total. The van der Waals surface area contributed by atoms with Crippen molar-refractivity contribution in [3.63, 3.8) is 0 Å². The minimum Gasteiger partial charge on any atom is -0.381 e. The first-order chi connectivity index (χ1) is 9.24. The summed E-state index contributed by atoms with van der Waals surface area (Å²) in [4.78, 5) is 23.0. The van der Waals surface area contributed by atoms with Gasteiger partial charge in [-0.25, -0.2) is 0 Å². The summed E-state index contributed by atoms with van der Waals surface area (Å²) in [7, 11) is 0. The highest BCUT2D eigenvalue weighted by molar-refractivity contribution is 6.21. The van der Waals surface area contributed by atoms with Gasteiger partial charge in [-0.05, 0) is 23.8 Å². The van der Waals surface area contributed by atoms with Crippen LogP contribution in [0, 0.1) is 0 Å². The first-order valence-electron chi connectivity index (χ1n) is 6.01. The molecule has 0 saturated heterocycles. The van der Waals surface area contributed by atoms with Crippen LogP contribution >= 0.6 is 0 Å². The molecule has 4 heteroatoms. The molecule has 0 unspecified atom stereocenters. The molecular formula is C15H12N2O2. The molecule has 0 saturated carbocycles. The Morgan fingerprint density at radius 3 is 2.42 bits per heavy atom. The third kappa shape index (κ3) is 2.20. The van der Waals surface area contributed by atoms with Gasteiger partial charge in [-0.3, -0.25) is 14.9 Å². The SMILES string of the molecule is O=C1NC(=O)c2cc(NCc3ccccc3)ccc21. The zero-order chi connectivity index (χ0) is 13.2. The summed E-state index contributed by atoms with van der Waals surface area (Å²) in [5, 5.41) is 5.51. The van der Waals surface area contributed by atoms with Crippen LogP contribution in [0.2, 0.25) is 0 Å². The largest absolute Gasteiger partial charge is 0.381 e. The van der Waals surface area contributed by atoms with Crippen LogP contribution in [0.1, 0.15) is 26.3 Å². The van der Waals surface area contributed by atoms with Crippen molar-refractivity contribution in [3.8, 4) is 0 Å². The van der Waals surface area contributed by atoms with Gasteiger partial charge in [0.1, 0.15) is 0 Å². The molecule has 0 fully saturated rings. The lowest BCUT2D eigenvalue weighted by atomic mass is 10.1. The number of anilines is 1. The highest BCUT2D eigenvalue weighted by atomic mass is 16.2. The molecule has 0 bridgehead atoms.